The lowest BCUT2D eigenvalue weighted by atomic mass is 9.87. The fourth-order valence-corrected chi connectivity index (χ4v) is 8.26. The summed E-state index contributed by atoms with van der Waals surface area (Å²) in [6.45, 7) is 0. The molecule has 2 nitrogen and oxygen atoms in total. The molecule has 0 atom stereocenters. The van der Waals surface area contributed by atoms with Crippen LogP contribution in [0.15, 0.2) is 179 Å². The van der Waals surface area contributed by atoms with Crippen LogP contribution >= 0.6 is 0 Å². The zero-order valence-electron chi connectivity index (χ0n) is 27.0. The third-order valence-corrected chi connectivity index (χ3v) is 10.4. The molecule has 0 radical (unpaired) electrons. The van der Waals surface area contributed by atoms with Crippen molar-refractivity contribution in [3.8, 4) is 33.4 Å². The molecule has 2 heteroatoms. The van der Waals surface area contributed by atoms with Gasteiger partial charge < -0.3 is 8.83 Å². The SMILES string of the molecule is c1ccc(-c2ccc(-c3cc4ccc5cc(-c6ccccc6)c6oc7ccccc7c6c5c4c4oc5ccccc5c34)c3ccccc23)cc1. The molecule has 9 aromatic carbocycles. The quantitative estimate of drug-likeness (QED) is 0.180. The van der Waals surface area contributed by atoms with Crippen LogP contribution in [-0.2, 0) is 0 Å². The lowest BCUT2D eigenvalue weighted by Gasteiger charge is -2.15. The van der Waals surface area contributed by atoms with Gasteiger partial charge in [-0.1, -0.05) is 146 Å². The Labute approximate surface area is 287 Å². The van der Waals surface area contributed by atoms with E-state index in [1.807, 2.05) is 6.07 Å². The maximum Gasteiger partial charge on any atom is 0.144 e. The van der Waals surface area contributed by atoms with Gasteiger partial charge in [0.15, 0.2) is 0 Å². The first-order chi connectivity index (χ1) is 24.8. The highest BCUT2D eigenvalue weighted by Crippen LogP contribution is 2.49. The number of hydrogen-bond acceptors (Lipinski definition) is 2. The minimum Gasteiger partial charge on any atom is -0.455 e. The molecule has 2 aromatic heterocycles. The first-order valence-corrected chi connectivity index (χ1v) is 17.1. The maximum atomic E-state index is 6.96. The second kappa shape index (κ2) is 10.4. The number of para-hydroxylation sites is 2. The normalized spacial score (nSPS) is 12.0. The molecule has 0 aliphatic carbocycles. The summed E-state index contributed by atoms with van der Waals surface area (Å²) in [5, 5.41) is 11.5. The largest absolute Gasteiger partial charge is 0.455 e. The van der Waals surface area contributed by atoms with E-state index in [2.05, 4.69) is 164 Å². The number of fused-ring (bicyclic) bond motifs is 12. The van der Waals surface area contributed by atoms with E-state index in [-0.39, 0.29) is 0 Å². The van der Waals surface area contributed by atoms with Gasteiger partial charge in [0.1, 0.15) is 22.3 Å². The van der Waals surface area contributed by atoms with Gasteiger partial charge in [0.2, 0.25) is 0 Å². The Balaban J connectivity index is 1.31. The maximum absolute atomic E-state index is 6.96. The molecule has 0 bridgehead atoms. The van der Waals surface area contributed by atoms with E-state index in [1.165, 1.54) is 33.0 Å². The van der Waals surface area contributed by atoms with Crippen LogP contribution in [0.5, 0.6) is 0 Å². The molecule has 0 spiro atoms. The van der Waals surface area contributed by atoms with E-state index in [0.29, 0.717) is 0 Å². The summed E-state index contributed by atoms with van der Waals surface area (Å²) < 4.78 is 13.7. The first-order valence-electron chi connectivity index (χ1n) is 17.1. The van der Waals surface area contributed by atoms with Crippen LogP contribution in [0.3, 0.4) is 0 Å². The number of benzene rings is 9. The summed E-state index contributed by atoms with van der Waals surface area (Å²) in [6, 6.07) is 60.6. The molecule has 232 valence electrons. The van der Waals surface area contributed by atoms with Crippen molar-refractivity contribution < 1.29 is 8.83 Å². The Morgan fingerprint density at radius 1 is 0.280 bits per heavy atom. The van der Waals surface area contributed by atoms with Crippen molar-refractivity contribution in [2.45, 2.75) is 0 Å². The highest BCUT2D eigenvalue weighted by atomic mass is 16.3. The van der Waals surface area contributed by atoms with Crippen molar-refractivity contribution in [3.05, 3.63) is 170 Å². The first kappa shape index (κ1) is 27.3. The molecule has 11 rings (SSSR count). The van der Waals surface area contributed by atoms with Crippen molar-refractivity contribution >= 4 is 76.2 Å². The second-order valence-corrected chi connectivity index (χ2v) is 13.2. The summed E-state index contributed by atoms with van der Waals surface area (Å²) in [4.78, 5) is 0. The monoisotopic (exact) mass is 636 g/mol. The fourth-order valence-electron chi connectivity index (χ4n) is 8.26. The molecular formula is C48H28O2. The molecule has 0 fully saturated rings. The van der Waals surface area contributed by atoms with Gasteiger partial charge in [0.05, 0.1) is 0 Å². The van der Waals surface area contributed by atoms with Crippen molar-refractivity contribution in [1.82, 2.24) is 0 Å². The van der Waals surface area contributed by atoms with Crippen LogP contribution in [0.1, 0.15) is 0 Å². The van der Waals surface area contributed by atoms with E-state index >= 15 is 0 Å². The van der Waals surface area contributed by atoms with E-state index in [1.54, 1.807) is 0 Å². The van der Waals surface area contributed by atoms with E-state index in [4.69, 9.17) is 8.83 Å². The molecule has 2 heterocycles. The molecule has 50 heavy (non-hydrogen) atoms. The van der Waals surface area contributed by atoms with Crippen LogP contribution < -0.4 is 0 Å². The summed E-state index contributed by atoms with van der Waals surface area (Å²) in [5.74, 6) is 0. The molecule has 0 aliphatic rings. The zero-order valence-corrected chi connectivity index (χ0v) is 27.0. The van der Waals surface area contributed by atoms with Gasteiger partial charge in [-0.05, 0) is 73.6 Å². The molecule has 0 saturated heterocycles. The number of hydrogen-bond donors (Lipinski definition) is 0. The predicted octanol–water partition coefficient (Wildman–Crippen LogP) is 13.9. The summed E-state index contributed by atoms with van der Waals surface area (Å²) in [7, 11) is 0. The van der Waals surface area contributed by atoms with Gasteiger partial charge >= 0.3 is 0 Å². The Hall–Kier alpha value is -6.64. The molecule has 11 aromatic rings. The molecule has 0 amide bonds. The summed E-state index contributed by atoms with van der Waals surface area (Å²) in [6.07, 6.45) is 0. The summed E-state index contributed by atoms with van der Waals surface area (Å²) in [5.41, 5.74) is 10.6. The van der Waals surface area contributed by atoms with Crippen LogP contribution in [0, 0.1) is 0 Å². The lowest BCUT2D eigenvalue weighted by molar-refractivity contribution is 0.670. The highest BCUT2D eigenvalue weighted by Gasteiger charge is 2.23. The third-order valence-electron chi connectivity index (χ3n) is 10.4. The number of furan rings is 2. The Morgan fingerprint density at radius 3 is 1.44 bits per heavy atom. The van der Waals surface area contributed by atoms with Gasteiger partial charge in [-0.15, -0.1) is 0 Å². The van der Waals surface area contributed by atoms with E-state index in [0.717, 1.165) is 76.5 Å². The van der Waals surface area contributed by atoms with Gasteiger partial charge in [-0.2, -0.15) is 0 Å². The van der Waals surface area contributed by atoms with E-state index < -0.39 is 0 Å². The van der Waals surface area contributed by atoms with Gasteiger partial charge in [-0.3, -0.25) is 0 Å². The minimum absolute atomic E-state index is 0.881. The smallest absolute Gasteiger partial charge is 0.144 e. The molecule has 0 saturated carbocycles. The molecular weight excluding hydrogens is 609 g/mol. The Morgan fingerprint density at radius 2 is 0.760 bits per heavy atom. The average molecular weight is 637 g/mol. The Bertz CT molecular complexity index is 3130. The highest BCUT2D eigenvalue weighted by molar-refractivity contribution is 6.35. The summed E-state index contributed by atoms with van der Waals surface area (Å²) >= 11 is 0. The van der Waals surface area contributed by atoms with Gasteiger partial charge in [0.25, 0.3) is 0 Å². The van der Waals surface area contributed by atoms with Gasteiger partial charge in [0, 0.05) is 37.9 Å². The van der Waals surface area contributed by atoms with Crippen molar-refractivity contribution in [1.29, 1.82) is 0 Å². The van der Waals surface area contributed by atoms with Crippen molar-refractivity contribution in [2.75, 3.05) is 0 Å². The lowest BCUT2D eigenvalue weighted by Crippen LogP contribution is -1.89. The van der Waals surface area contributed by atoms with Crippen LogP contribution in [0.4, 0.5) is 0 Å². The van der Waals surface area contributed by atoms with Gasteiger partial charge in [-0.25, -0.2) is 0 Å². The van der Waals surface area contributed by atoms with Crippen LogP contribution in [-0.4, -0.2) is 0 Å². The molecule has 0 N–H and O–H groups in total. The third kappa shape index (κ3) is 3.85. The van der Waals surface area contributed by atoms with Crippen molar-refractivity contribution in [2.24, 2.45) is 0 Å². The molecule has 0 aliphatic heterocycles. The Kier molecular flexibility index (Phi) is 5.70. The van der Waals surface area contributed by atoms with E-state index in [9.17, 15) is 0 Å². The predicted molar refractivity (Wildman–Crippen MR) is 210 cm³/mol. The van der Waals surface area contributed by atoms with Crippen LogP contribution in [0.25, 0.3) is 110 Å². The minimum atomic E-state index is 0.881. The number of rotatable bonds is 3. The standard InChI is InChI=1S/C48H28O2/c1-3-13-29(14-4-1)33-25-26-36(35-18-8-7-17-34(33)35)40-28-32-24-23-31-27-39(30-15-5-2-6-16-30)47-46(38-20-10-12-22-42(38)49-47)43(31)44(32)48-45(40)37-19-9-11-21-41(37)50-48/h1-28H. The molecule has 0 unspecified atom stereocenters. The average Bonchev–Trinajstić information content (AvgIpc) is 3.77. The fraction of sp³-hybridized carbons (Fsp3) is 0. The van der Waals surface area contributed by atoms with Crippen molar-refractivity contribution in [3.63, 3.8) is 0 Å². The zero-order chi connectivity index (χ0) is 32.8. The second-order valence-electron chi connectivity index (χ2n) is 13.2. The topological polar surface area (TPSA) is 26.3 Å². The van der Waals surface area contributed by atoms with Crippen LogP contribution in [0.2, 0.25) is 0 Å².